The molecule has 1 aromatic carbocycles. The molecule has 0 amide bonds. The standard InChI is InChI=1S/C19H21N3O4/c1-12-9-14(18(25-4)16(10-12)24-3)15-6-5-13(11-20-15)19-21-17(22-26-19)7-8-23-2/h5-6,9-11H,7-8H2,1-4H3. The minimum absolute atomic E-state index is 0.434. The zero-order valence-corrected chi connectivity index (χ0v) is 15.3. The summed E-state index contributed by atoms with van der Waals surface area (Å²) in [6.07, 6.45) is 2.31. The average molecular weight is 355 g/mol. The fraction of sp³-hybridized carbons (Fsp3) is 0.316. The summed E-state index contributed by atoms with van der Waals surface area (Å²) >= 11 is 0. The first-order valence-electron chi connectivity index (χ1n) is 8.17. The lowest BCUT2D eigenvalue weighted by Gasteiger charge is -2.13. The van der Waals surface area contributed by atoms with Gasteiger partial charge in [-0.1, -0.05) is 5.16 Å². The van der Waals surface area contributed by atoms with Gasteiger partial charge in [0.1, 0.15) is 0 Å². The van der Waals surface area contributed by atoms with Crippen molar-refractivity contribution in [3.63, 3.8) is 0 Å². The molecule has 2 heterocycles. The first-order chi connectivity index (χ1) is 12.7. The van der Waals surface area contributed by atoms with Gasteiger partial charge in [-0.3, -0.25) is 4.98 Å². The predicted molar refractivity (Wildman–Crippen MR) is 96.4 cm³/mol. The first kappa shape index (κ1) is 17.9. The van der Waals surface area contributed by atoms with Crippen molar-refractivity contribution in [2.75, 3.05) is 27.9 Å². The van der Waals surface area contributed by atoms with Crippen LogP contribution >= 0.6 is 0 Å². The van der Waals surface area contributed by atoms with Gasteiger partial charge in [0.25, 0.3) is 5.89 Å². The Morgan fingerprint density at radius 3 is 2.58 bits per heavy atom. The van der Waals surface area contributed by atoms with Gasteiger partial charge in [-0.2, -0.15) is 4.98 Å². The van der Waals surface area contributed by atoms with Crippen molar-refractivity contribution in [1.82, 2.24) is 15.1 Å². The fourth-order valence-electron chi connectivity index (χ4n) is 2.64. The van der Waals surface area contributed by atoms with Crippen molar-refractivity contribution in [1.29, 1.82) is 0 Å². The van der Waals surface area contributed by atoms with E-state index in [1.807, 2.05) is 31.2 Å². The summed E-state index contributed by atoms with van der Waals surface area (Å²) in [5.74, 6) is 2.37. The summed E-state index contributed by atoms with van der Waals surface area (Å²) in [5, 5.41) is 3.94. The lowest BCUT2D eigenvalue weighted by Crippen LogP contribution is -1.96. The molecule has 7 heteroatoms. The Balaban J connectivity index is 1.91. The number of methoxy groups -OCH3 is 3. The van der Waals surface area contributed by atoms with Gasteiger partial charge in [-0.25, -0.2) is 0 Å². The summed E-state index contributed by atoms with van der Waals surface area (Å²) in [6.45, 7) is 2.55. The van der Waals surface area contributed by atoms with Crippen molar-refractivity contribution in [2.45, 2.75) is 13.3 Å². The molecule has 26 heavy (non-hydrogen) atoms. The minimum atomic E-state index is 0.434. The molecule has 0 aliphatic carbocycles. The van der Waals surface area contributed by atoms with Crippen LogP contribution in [0.25, 0.3) is 22.7 Å². The summed E-state index contributed by atoms with van der Waals surface area (Å²) in [4.78, 5) is 8.89. The largest absolute Gasteiger partial charge is 0.493 e. The molecule has 0 bridgehead atoms. The summed E-state index contributed by atoms with van der Waals surface area (Å²) in [5.41, 5.74) is 3.45. The van der Waals surface area contributed by atoms with Crippen LogP contribution in [0.3, 0.4) is 0 Å². The lowest BCUT2D eigenvalue weighted by atomic mass is 10.1. The maximum Gasteiger partial charge on any atom is 0.259 e. The van der Waals surface area contributed by atoms with E-state index in [2.05, 4.69) is 15.1 Å². The molecule has 2 aromatic heterocycles. The van der Waals surface area contributed by atoms with Gasteiger partial charge in [0.15, 0.2) is 17.3 Å². The Labute approximate surface area is 151 Å². The number of ether oxygens (including phenoxy) is 3. The molecule has 0 unspecified atom stereocenters. The van der Waals surface area contributed by atoms with Gasteiger partial charge in [0.05, 0.1) is 32.1 Å². The molecule has 0 saturated heterocycles. The summed E-state index contributed by atoms with van der Waals surface area (Å²) < 4.78 is 21.2. The van der Waals surface area contributed by atoms with Gasteiger partial charge in [-0.15, -0.1) is 0 Å². The Kier molecular flexibility index (Phi) is 5.48. The third kappa shape index (κ3) is 3.67. The molecule has 0 fully saturated rings. The maximum atomic E-state index is 5.51. The summed E-state index contributed by atoms with van der Waals surface area (Å²) in [6, 6.07) is 7.73. The van der Waals surface area contributed by atoms with E-state index >= 15 is 0 Å². The second-order valence-corrected chi connectivity index (χ2v) is 5.74. The molecule has 7 nitrogen and oxygen atoms in total. The number of hydrogen-bond donors (Lipinski definition) is 0. The highest BCUT2D eigenvalue weighted by atomic mass is 16.5. The highest BCUT2D eigenvalue weighted by Gasteiger charge is 2.15. The normalized spacial score (nSPS) is 10.8. The number of pyridine rings is 1. The smallest absolute Gasteiger partial charge is 0.259 e. The third-order valence-corrected chi connectivity index (χ3v) is 3.91. The Morgan fingerprint density at radius 1 is 1.08 bits per heavy atom. The van der Waals surface area contributed by atoms with Crippen molar-refractivity contribution >= 4 is 0 Å². The highest BCUT2D eigenvalue weighted by molar-refractivity contribution is 5.73. The third-order valence-electron chi connectivity index (χ3n) is 3.91. The molecule has 3 aromatic rings. The van der Waals surface area contributed by atoms with Crippen molar-refractivity contribution in [3.05, 3.63) is 41.9 Å². The number of hydrogen-bond acceptors (Lipinski definition) is 7. The quantitative estimate of drug-likeness (QED) is 0.643. The number of nitrogens with zero attached hydrogens (tertiary/aromatic N) is 3. The van der Waals surface area contributed by atoms with Gasteiger partial charge in [-0.05, 0) is 36.8 Å². The van der Waals surface area contributed by atoms with Crippen LogP contribution in [0.15, 0.2) is 35.0 Å². The van der Waals surface area contributed by atoms with Crippen LogP contribution in [0.2, 0.25) is 0 Å². The molecular formula is C19H21N3O4. The molecular weight excluding hydrogens is 334 g/mol. The van der Waals surface area contributed by atoms with Crippen LogP contribution < -0.4 is 9.47 Å². The van der Waals surface area contributed by atoms with Crippen molar-refractivity contribution in [2.24, 2.45) is 0 Å². The zero-order chi connectivity index (χ0) is 18.5. The lowest BCUT2D eigenvalue weighted by molar-refractivity contribution is 0.199. The van der Waals surface area contributed by atoms with Crippen LogP contribution in [-0.4, -0.2) is 43.1 Å². The Hall–Kier alpha value is -2.93. The molecule has 3 rings (SSSR count). The number of benzene rings is 1. The molecule has 0 spiro atoms. The van der Waals surface area contributed by atoms with E-state index in [9.17, 15) is 0 Å². The van der Waals surface area contributed by atoms with Crippen molar-refractivity contribution in [3.8, 4) is 34.2 Å². The molecule has 136 valence electrons. The summed E-state index contributed by atoms with van der Waals surface area (Å²) in [7, 11) is 4.87. The van der Waals surface area contributed by atoms with Gasteiger partial charge in [0.2, 0.25) is 0 Å². The Morgan fingerprint density at radius 2 is 1.92 bits per heavy atom. The van der Waals surface area contributed by atoms with Crippen LogP contribution in [0, 0.1) is 6.92 Å². The van der Waals surface area contributed by atoms with E-state index in [4.69, 9.17) is 18.7 Å². The second kappa shape index (κ2) is 7.97. The number of rotatable bonds is 7. The van der Waals surface area contributed by atoms with Gasteiger partial charge < -0.3 is 18.7 Å². The van der Waals surface area contributed by atoms with Crippen LogP contribution in [0.4, 0.5) is 0 Å². The number of aryl methyl sites for hydroxylation is 1. The zero-order valence-electron chi connectivity index (χ0n) is 15.3. The fourth-order valence-corrected chi connectivity index (χ4v) is 2.64. The van der Waals surface area contributed by atoms with Gasteiger partial charge in [0, 0.05) is 25.3 Å². The molecule has 0 radical (unpaired) electrons. The molecule has 0 N–H and O–H groups in total. The van der Waals surface area contributed by atoms with E-state index in [1.165, 1.54) is 0 Å². The first-order valence-corrected chi connectivity index (χ1v) is 8.17. The molecule has 0 aliphatic heterocycles. The minimum Gasteiger partial charge on any atom is -0.493 e. The molecule has 0 saturated carbocycles. The monoisotopic (exact) mass is 355 g/mol. The van der Waals surface area contributed by atoms with Crippen LogP contribution in [0.1, 0.15) is 11.4 Å². The topological polar surface area (TPSA) is 79.5 Å². The van der Waals surface area contributed by atoms with Crippen LogP contribution in [-0.2, 0) is 11.2 Å². The Bertz CT molecular complexity index is 875. The SMILES string of the molecule is COCCc1noc(-c2ccc(-c3cc(C)cc(OC)c3OC)nc2)n1. The molecule has 0 aliphatic rings. The van der Waals surface area contributed by atoms with E-state index in [0.29, 0.717) is 36.2 Å². The van der Waals surface area contributed by atoms with Crippen molar-refractivity contribution < 1.29 is 18.7 Å². The van der Waals surface area contributed by atoms with E-state index in [1.54, 1.807) is 27.5 Å². The van der Waals surface area contributed by atoms with Gasteiger partial charge >= 0.3 is 0 Å². The highest BCUT2D eigenvalue weighted by Crippen LogP contribution is 2.38. The average Bonchev–Trinajstić information content (AvgIpc) is 3.14. The maximum absolute atomic E-state index is 5.51. The predicted octanol–water partition coefficient (Wildman–Crippen LogP) is 3.31. The van der Waals surface area contributed by atoms with E-state index in [-0.39, 0.29) is 0 Å². The number of aromatic nitrogens is 3. The van der Waals surface area contributed by atoms with E-state index in [0.717, 1.165) is 22.4 Å². The van der Waals surface area contributed by atoms with Crippen LogP contribution in [0.5, 0.6) is 11.5 Å². The molecule has 0 atom stereocenters. The van der Waals surface area contributed by atoms with E-state index < -0.39 is 0 Å². The second-order valence-electron chi connectivity index (χ2n) is 5.74.